The molecule has 0 bridgehead atoms. The number of carboxylic acid groups (broad SMARTS) is 1. The van der Waals surface area contributed by atoms with Gasteiger partial charge in [-0.1, -0.05) is 11.6 Å². The number of likely N-dealkylation sites (N-methyl/N-ethyl adjacent to an activating group) is 1. The second-order valence-corrected chi connectivity index (χ2v) is 7.56. The summed E-state index contributed by atoms with van der Waals surface area (Å²) in [6.45, 7) is -0.360. The highest BCUT2D eigenvalue weighted by molar-refractivity contribution is 8.00. The molecule has 0 aliphatic carbocycles. The summed E-state index contributed by atoms with van der Waals surface area (Å²) in [5, 5.41) is 10.7. The maximum Gasteiger partial charge on any atom is 0.417 e. The highest BCUT2D eigenvalue weighted by atomic mass is 35.5. The highest BCUT2D eigenvalue weighted by Gasteiger charge is 2.33. The Bertz CT molecular complexity index is 952. The van der Waals surface area contributed by atoms with Crippen molar-refractivity contribution in [1.29, 1.82) is 0 Å². The lowest BCUT2D eigenvalue weighted by Gasteiger charge is -2.17. The molecule has 0 radical (unpaired) electrons. The zero-order chi connectivity index (χ0) is 22.5. The van der Waals surface area contributed by atoms with Gasteiger partial charge in [0.05, 0.1) is 28.4 Å². The molecule has 0 aliphatic heterocycles. The molecule has 0 saturated heterocycles. The number of hydrogen-bond acceptors (Lipinski definition) is 4. The molecule has 2 rings (SSSR count). The van der Waals surface area contributed by atoms with Crippen molar-refractivity contribution in [1.82, 2.24) is 4.90 Å². The first-order chi connectivity index (χ1) is 14.0. The number of nitrogens with zero attached hydrogens (tertiary/aromatic N) is 1. The Labute approximate surface area is 179 Å². The lowest BCUT2D eigenvalue weighted by Crippen LogP contribution is -2.36. The van der Waals surface area contributed by atoms with E-state index in [2.05, 4.69) is 5.32 Å². The summed E-state index contributed by atoms with van der Waals surface area (Å²) in [5.74, 6) is -2.12. The molecule has 0 fully saturated rings. The van der Waals surface area contributed by atoms with E-state index >= 15 is 0 Å². The Balaban J connectivity index is 1.89. The molecule has 0 unspecified atom stereocenters. The molecule has 0 atom stereocenters. The van der Waals surface area contributed by atoms with E-state index in [1.165, 1.54) is 25.2 Å². The third-order valence-electron chi connectivity index (χ3n) is 3.83. The van der Waals surface area contributed by atoms with E-state index in [9.17, 15) is 27.6 Å². The van der Waals surface area contributed by atoms with Crippen molar-refractivity contribution in [3.05, 3.63) is 58.6 Å². The summed E-state index contributed by atoms with van der Waals surface area (Å²) < 4.78 is 38.7. The number of carbonyl (C=O) groups is 3. The fourth-order valence-corrected chi connectivity index (χ4v) is 3.34. The molecule has 2 aromatic carbocycles. The summed E-state index contributed by atoms with van der Waals surface area (Å²) in [4.78, 5) is 36.9. The predicted octanol–water partition coefficient (Wildman–Crippen LogP) is 4.25. The molecule has 0 aliphatic rings. The average molecular weight is 461 g/mol. The lowest BCUT2D eigenvalue weighted by atomic mass is 10.2. The van der Waals surface area contributed by atoms with Crippen molar-refractivity contribution in [3.63, 3.8) is 0 Å². The molecule has 6 nitrogen and oxygen atoms in total. The molecule has 2 aromatic rings. The van der Waals surface area contributed by atoms with Crippen LogP contribution >= 0.6 is 23.4 Å². The van der Waals surface area contributed by atoms with Gasteiger partial charge in [-0.15, -0.1) is 11.8 Å². The number of nitrogens with one attached hydrogen (secondary N) is 1. The van der Waals surface area contributed by atoms with Crippen LogP contribution in [0.1, 0.15) is 15.9 Å². The number of benzene rings is 2. The fraction of sp³-hybridized carbons (Fsp3) is 0.211. The van der Waals surface area contributed by atoms with Crippen molar-refractivity contribution in [3.8, 4) is 0 Å². The molecule has 0 aromatic heterocycles. The molecule has 2 amide bonds. The SMILES string of the molecule is CN(CC(=O)Nc1ccc(Cl)c(C(F)(F)F)c1)C(=O)CSc1ccc(C(=O)O)cc1. The van der Waals surface area contributed by atoms with Gasteiger partial charge in [-0.25, -0.2) is 4.79 Å². The summed E-state index contributed by atoms with van der Waals surface area (Å²) in [5.41, 5.74) is -1.04. The fourth-order valence-electron chi connectivity index (χ4n) is 2.27. The van der Waals surface area contributed by atoms with E-state index in [1.807, 2.05) is 0 Å². The minimum absolute atomic E-state index is 0.00460. The molecule has 0 saturated carbocycles. The van der Waals surface area contributed by atoms with Gasteiger partial charge in [0.2, 0.25) is 11.8 Å². The topological polar surface area (TPSA) is 86.7 Å². The standard InChI is InChI=1S/C19H16ClF3N2O4S/c1-25(17(27)10-30-13-5-2-11(3-6-13)18(28)29)9-16(26)24-12-4-7-15(20)14(8-12)19(21,22)23/h2-8H,9-10H2,1H3,(H,24,26)(H,28,29). The van der Waals surface area contributed by atoms with Gasteiger partial charge >= 0.3 is 12.1 Å². The second kappa shape index (κ2) is 9.86. The number of anilines is 1. The maximum absolute atomic E-state index is 12.9. The molecule has 0 spiro atoms. The molecule has 160 valence electrons. The highest BCUT2D eigenvalue weighted by Crippen LogP contribution is 2.36. The number of rotatable bonds is 7. The van der Waals surface area contributed by atoms with E-state index in [4.69, 9.17) is 16.7 Å². The van der Waals surface area contributed by atoms with Gasteiger partial charge in [0.1, 0.15) is 0 Å². The molecule has 2 N–H and O–H groups in total. The smallest absolute Gasteiger partial charge is 0.417 e. The monoisotopic (exact) mass is 460 g/mol. The maximum atomic E-state index is 12.9. The van der Waals surface area contributed by atoms with Crippen molar-refractivity contribution in [2.45, 2.75) is 11.1 Å². The Hall–Kier alpha value is -2.72. The Morgan fingerprint density at radius 2 is 1.77 bits per heavy atom. The number of alkyl halides is 3. The van der Waals surface area contributed by atoms with Crippen LogP contribution in [0, 0.1) is 0 Å². The molecule has 0 heterocycles. The first-order valence-corrected chi connectivity index (χ1v) is 9.70. The Morgan fingerprint density at radius 3 is 2.33 bits per heavy atom. The largest absolute Gasteiger partial charge is 0.478 e. The van der Waals surface area contributed by atoms with Gasteiger partial charge in [0.25, 0.3) is 0 Å². The molecule has 11 heteroatoms. The number of amides is 2. The first kappa shape index (κ1) is 23.6. The molecule has 30 heavy (non-hydrogen) atoms. The van der Waals surface area contributed by atoms with E-state index in [0.717, 1.165) is 28.8 Å². The van der Waals surface area contributed by atoms with Crippen molar-refractivity contribution >= 4 is 46.8 Å². The summed E-state index contributed by atoms with van der Waals surface area (Å²) in [6, 6.07) is 8.93. The number of halogens is 4. The zero-order valence-corrected chi connectivity index (χ0v) is 17.1. The Kier molecular flexibility index (Phi) is 7.74. The van der Waals surface area contributed by atoms with Crippen LogP contribution in [0.15, 0.2) is 47.4 Å². The number of aromatic carboxylic acids is 1. The zero-order valence-electron chi connectivity index (χ0n) is 15.5. The molecular formula is C19H16ClF3N2O4S. The van der Waals surface area contributed by atoms with Crippen LogP contribution in [0.25, 0.3) is 0 Å². The van der Waals surface area contributed by atoms with Crippen LogP contribution in [0.4, 0.5) is 18.9 Å². The van der Waals surface area contributed by atoms with E-state index in [1.54, 1.807) is 12.1 Å². The van der Waals surface area contributed by atoms with E-state index < -0.39 is 28.6 Å². The minimum Gasteiger partial charge on any atom is -0.478 e. The number of hydrogen-bond donors (Lipinski definition) is 2. The van der Waals surface area contributed by atoms with Crippen LogP contribution in [0.2, 0.25) is 5.02 Å². The third kappa shape index (κ3) is 6.67. The minimum atomic E-state index is -4.66. The van der Waals surface area contributed by atoms with Crippen LogP contribution in [0.5, 0.6) is 0 Å². The van der Waals surface area contributed by atoms with Gasteiger partial charge in [0.15, 0.2) is 0 Å². The normalized spacial score (nSPS) is 11.1. The van der Waals surface area contributed by atoms with Gasteiger partial charge in [-0.3, -0.25) is 9.59 Å². The van der Waals surface area contributed by atoms with Crippen LogP contribution in [-0.4, -0.2) is 47.1 Å². The van der Waals surface area contributed by atoms with E-state index in [-0.39, 0.29) is 29.5 Å². The van der Waals surface area contributed by atoms with Crippen LogP contribution < -0.4 is 5.32 Å². The lowest BCUT2D eigenvalue weighted by molar-refractivity contribution is -0.137. The van der Waals surface area contributed by atoms with Gasteiger partial charge in [-0.2, -0.15) is 13.2 Å². The van der Waals surface area contributed by atoms with Gasteiger partial charge < -0.3 is 15.3 Å². The number of carboxylic acids is 1. The molecular weight excluding hydrogens is 445 g/mol. The third-order valence-corrected chi connectivity index (χ3v) is 5.15. The van der Waals surface area contributed by atoms with Crippen molar-refractivity contribution in [2.75, 3.05) is 24.7 Å². The summed E-state index contributed by atoms with van der Waals surface area (Å²) in [6.07, 6.45) is -4.66. The quantitative estimate of drug-likeness (QED) is 0.603. The summed E-state index contributed by atoms with van der Waals surface area (Å²) in [7, 11) is 1.39. The average Bonchev–Trinajstić information content (AvgIpc) is 2.66. The van der Waals surface area contributed by atoms with E-state index in [0.29, 0.717) is 4.90 Å². The van der Waals surface area contributed by atoms with Crippen LogP contribution in [-0.2, 0) is 15.8 Å². The summed E-state index contributed by atoms with van der Waals surface area (Å²) >= 11 is 6.69. The number of thioether (sulfide) groups is 1. The van der Waals surface area contributed by atoms with Crippen LogP contribution in [0.3, 0.4) is 0 Å². The first-order valence-electron chi connectivity index (χ1n) is 8.34. The number of carbonyl (C=O) groups excluding carboxylic acids is 2. The van der Waals surface area contributed by atoms with Gasteiger partial charge in [0, 0.05) is 17.6 Å². The Morgan fingerprint density at radius 1 is 1.13 bits per heavy atom. The van der Waals surface area contributed by atoms with Crippen molar-refractivity contribution < 1.29 is 32.7 Å². The second-order valence-electron chi connectivity index (χ2n) is 6.11. The van der Waals surface area contributed by atoms with Crippen molar-refractivity contribution in [2.24, 2.45) is 0 Å². The van der Waals surface area contributed by atoms with Gasteiger partial charge in [-0.05, 0) is 42.5 Å². The predicted molar refractivity (Wildman–Crippen MR) is 107 cm³/mol.